The number of nitrogens with zero attached hydrogens (tertiary/aromatic N) is 1. The predicted molar refractivity (Wildman–Crippen MR) is 84.6 cm³/mol. The first-order valence-electron chi connectivity index (χ1n) is 7.08. The molecule has 0 saturated heterocycles. The van der Waals surface area contributed by atoms with Gasteiger partial charge in [0.25, 0.3) is 0 Å². The number of carbonyl (C=O) groups excluding carboxylic acids is 1. The molecule has 2 nitrogen and oxygen atoms in total. The summed E-state index contributed by atoms with van der Waals surface area (Å²) in [5.74, 6) is 0. The van der Waals surface area contributed by atoms with Gasteiger partial charge in [-0.25, -0.2) is 0 Å². The van der Waals surface area contributed by atoms with Gasteiger partial charge in [0.15, 0.2) is 6.29 Å². The first-order valence-corrected chi connectivity index (χ1v) is 7.08. The minimum atomic E-state index is 0.726. The highest BCUT2D eigenvalue weighted by Gasteiger charge is 2.08. The second-order valence-electron chi connectivity index (χ2n) is 5.10. The van der Waals surface area contributed by atoms with E-state index in [1.165, 1.54) is 11.1 Å². The number of hydrogen-bond donors (Lipinski definition) is 0. The van der Waals surface area contributed by atoms with E-state index >= 15 is 0 Å². The van der Waals surface area contributed by atoms with Gasteiger partial charge in [0.2, 0.25) is 0 Å². The molecule has 0 aliphatic rings. The van der Waals surface area contributed by atoms with Crippen molar-refractivity contribution >= 4 is 6.29 Å². The van der Waals surface area contributed by atoms with E-state index in [0.29, 0.717) is 0 Å². The monoisotopic (exact) mass is 275 g/mol. The smallest absolute Gasteiger partial charge is 0.166 e. The molecular formula is C19H17NO. The fraction of sp³-hybridized carbons (Fsp3) is 0.105. The molecule has 1 heterocycles. The molecule has 0 aliphatic heterocycles. The maximum absolute atomic E-state index is 11.3. The van der Waals surface area contributed by atoms with E-state index in [1.807, 2.05) is 48.5 Å². The zero-order chi connectivity index (χ0) is 14.5. The lowest BCUT2D eigenvalue weighted by Gasteiger charge is -2.11. The van der Waals surface area contributed by atoms with Crippen LogP contribution >= 0.6 is 0 Å². The molecule has 0 bridgehead atoms. The second-order valence-corrected chi connectivity index (χ2v) is 5.10. The third-order valence-electron chi connectivity index (χ3n) is 3.64. The van der Waals surface area contributed by atoms with Gasteiger partial charge in [-0.15, -0.1) is 0 Å². The summed E-state index contributed by atoms with van der Waals surface area (Å²) in [4.78, 5) is 11.3. The van der Waals surface area contributed by atoms with Crippen LogP contribution in [0, 0.1) is 0 Å². The highest BCUT2D eigenvalue weighted by molar-refractivity contribution is 5.73. The molecule has 104 valence electrons. The van der Waals surface area contributed by atoms with Gasteiger partial charge in [-0.3, -0.25) is 4.79 Å². The quantitative estimate of drug-likeness (QED) is 0.646. The predicted octanol–water partition coefficient (Wildman–Crippen LogP) is 3.94. The Morgan fingerprint density at radius 3 is 2.00 bits per heavy atom. The van der Waals surface area contributed by atoms with Crippen LogP contribution in [-0.2, 0) is 13.0 Å². The van der Waals surface area contributed by atoms with E-state index in [4.69, 9.17) is 0 Å². The topological polar surface area (TPSA) is 22.0 Å². The molecule has 0 saturated carbocycles. The summed E-state index contributed by atoms with van der Waals surface area (Å²) in [5.41, 5.74) is 4.34. The molecular weight excluding hydrogens is 258 g/mol. The third kappa shape index (κ3) is 3.11. The lowest BCUT2D eigenvalue weighted by Crippen LogP contribution is -2.08. The van der Waals surface area contributed by atoms with Crippen molar-refractivity contribution in [2.75, 3.05) is 0 Å². The SMILES string of the molecule is O=Cc1ccc(Cc2ccccc2)n1Cc1ccccc1. The van der Waals surface area contributed by atoms with Crippen molar-refractivity contribution in [3.05, 3.63) is 95.3 Å². The molecule has 0 unspecified atom stereocenters. The van der Waals surface area contributed by atoms with Crippen LogP contribution in [0.4, 0.5) is 0 Å². The van der Waals surface area contributed by atoms with Crippen LogP contribution in [0.3, 0.4) is 0 Å². The summed E-state index contributed by atoms with van der Waals surface area (Å²) in [6, 6.07) is 24.5. The normalized spacial score (nSPS) is 10.5. The maximum Gasteiger partial charge on any atom is 0.166 e. The van der Waals surface area contributed by atoms with Crippen LogP contribution in [0.1, 0.15) is 27.3 Å². The molecule has 0 fully saturated rings. The molecule has 0 amide bonds. The van der Waals surface area contributed by atoms with Crippen LogP contribution in [0.15, 0.2) is 72.8 Å². The van der Waals surface area contributed by atoms with Gasteiger partial charge in [-0.1, -0.05) is 60.7 Å². The molecule has 0 N–H and O–H groups in total. The largest absolute Gasteiger partial charge is 0.338 e. The molecule has 3 aromatic rings. The second kappa shape index (κ2) is 6.23. The van der Waals surface area contributed by atoms with Crippen molar-refractivity contribution in [1.29, 1.82) is 0 Å². The van der Waals surface area contributed by atoms with Crippen molar-refractivity contribution in [3.63, 3.8) is 0 Å². The zero-order valence-electron chi connectivity index (χ0n) is 11.8. The Morgan fingerprint density at radius 2 is 1.38 bits per heavy atom. The maximum atomic E-state index is 11.3. The van der Waals surface area contributed by atoms with Gasteiger partial charge in [0.1, 0.15) is 0 Å². The van der Waals surface area contributed by atoms with Crippen LogP contribution in [0.25, 0.3) is 0 Å². The lowest BCUT2D eigenvalue weighted by molar-refractivity contribution is 0.111. The van der Waals surface area contributed by atoms with Crippen LogP contribution in [-0.4, -0.2) is 10.9 Å². The summed E-state index contributed by atoms with van der Waals surface area (Å²) in [5, 5.41) is 0. The number of aromatic nitrogens is 1. The van der Waals surface area contributed by atoms with Gasteiger partial charge in [0.05, 0.1) is 5.69 Å². The molecule has 2 heteroatoms. The Morgan fingerprint density at radius 1 is 0.762 bits per heavy atom. The number of hydrogen-bond acceptors (Lipinski definition) is 1. The van der Waals surface area contributed by atoms with E-state index in [0.717, 1.165) is 30.6 Å². The third-order valence-corrected chi connectivity index (χ3v) is 3.64. The van der Waals surface area contributed by atoms with E-state index < -0.39 is 0 Å². The fourth-order valence-corrected chi connectivity index (χ4v) is 2.55. The van der Waals surface area contributed by atoms with Gasteiger partial charge in [0, 0.05) is 18.7 Å². The Hall–Kier alpha value is -2.61. The van der Waals surface area contributed by atoms with Crippen LogP contribution in [0.5, 0.6) is 0 Å². The molecule has 0 aliphatic carbocycles. The van der Waals surface area contributed by atoms with E-state index in [9.17, 15) is 4.79 Å². The number of rotatable bonds is 5. The highest BCUT2D eigenvalue weighted by Crippen LogP contribution is 2.15. The Kier molecular flexibility index (Phi) is 3.97. The Labute approximate surface area is 124 Å². The van der Waals surface area contributed by atoms with Gasteiger partial charge < -0.3 is 4.57 Å². The lowest BCUT2D eigenvalue weighted by atomic mass is 10.1. The summed E-state index contributed by atoms with van der Waals surface area (Å²) in [6.07, 6.45) is 1.76. The van der Waals surface area contributed by atoms with E-state index in [1.54, 1.807) is 0 Å². The summed E-state index contributed by atoms with van der Waals surface area (Å²) >= 11 is 0. The molecule has 0 atom stereocenters. The number of aldehydes is 1. The molecule has 21 heavy (non-hydrogen) atoms. The van der Waals surface area contributed by atoms with Gasteiger partial charge in [-0.2, -0.15) is 0 Å². The molecule has 2 aromatic carbocycles. The fourth-order valence-electron chi connectivity index (χ4n) is 2.55. The average molecular weight is 275 g/mol. The molecule has 1 aromatic heterocycles. The van der Waals surface area contributed by atoms with Crippen molar-refractivity contribution in [2.24, 2.45) is 0 Å². The van der Waals surface area contributed by atoms with Crippen molar-refractivity contribution in [1.82, 2.24) is 4.57 Å². The van der Waals surface area contributed by atoms with E-state index in [2.05, 4.69) is 28.8 Å². The van der Waals surface area contributed by atoms with Crippen LogP contribution in [0.2, 0.25) is 0 Å². The van der Waals surface area contributed by atoms with Crippen molar-refractivity contribution < 1.29 is 4.79 Å². The van der Waals surface area contributed by atoms with Gasteiger partial charge >= 0.3 is 0 Å². The van der Waals surface area contributed by atoms with Crippen LogP contribution < -0.4 is 0 Å². The van der Waals surface area contributed by atoms with E-state index in [-0.39, 0.29) is 0 Å². The Balaban J connectivity index is 1.91. The van der Waals surface area contributed by atoms with Crippen molar-refractivity contribution in [2.45, 2.75) is 13.0 Å². The minimum Gasteiger partial charge on any atom is -0.338 e. The molecule has 0 spiro atoms. The first-order chi connectivity index (χ1) is 10.4. The summed E-state index contributed by atoms with van der Waals surface area (Å²) in [6.45, 7) is 0.726. The standard InChI is InChI=1S/C19H17NO/c21-15-19-12-11-18(13-16-7-3-1-4-8-16)20(19)14-17-9-5-2-6-10-17/h1-12,15H,13-14H2. The molecule has 3 rings (SSSR count). The minimum absolute atomic E-state index is 0.726. The summed E-state index contributed by atoms with van der Waals surface area (Å²) < 4.78 is 2.09. The number of carbonyl (C=O) groups is 1. The van der Waals surface area contributed by atoms with Gasteiger partial charge in [-0.05, 0) is 23.3 Å². The number of benzene rings is 2. The zero-order valence-corrected chi connectivity index (χ0v) is 11.8. The average Bonchev–Trinajstić information content (AvgIpc) is 2.91. The Bertz CT molecular complexity index is 714. The molecule has 0 radical (unpaired) electrons. The summed E-state index contributed by atoms with van der Waals surface area (Å²) in [7, 11) is 0. The highest BCUT2D eigenvalue weighted by atomic mass is 16.1. The van der Waals surface area contributed by atoms with Crippen molar-refractivity contribution in [3.8, 4) is 0 Å². The first kappa shape index (κ1) is 13.4.